The lowest BCUT2D eigenvalue weighted by Crippen LogP contribution is -2.24. The fraction of sp³-hybridized carbons (Fsp3) is 0.417. The monoisotopic (exact) mass is 276 g/mol. The van der Waals surface area contributed by atoms with E-state index < -0.39 is 25.3 Å². The van der Waals surface area contributed by atoms with Crippen molar-refractivity contribution >= 4 is 17.3 Å². The quantitative estimate of drug-likeness (QED) is 0.830. The van der Waals surface area contributed by atoms with Crippen molar-refractivity contribution in [2.45, 2.75) is 20.0 Å². The lowest BCUT2D eigenvalue weighted by Gasteiger charge is -2.12. The molecule has 0 unspecified atom stereocenters. The largest absolute Gasteiger partial charge is 0.411 e. The number of nitrogens with two attached hydrogens (primary N) is 1. The zero-order valence-corrected chi connectivity index (χ0v) is 10.6. The molecule has 0 aliphatic carbocycles. The van der Waals surface area contributed by atoms with Crippen LogP contribution in [0.1, 0.15) is 11.1 Å². The number of hydrogen-bond donors (Lipinski definition) is 2. The van der Waals surface area contributed by atoms with Crippen LogP contribution in [0.4, 0.5) is 24.5 Å². The standard InChI is InChI=1S/C12H15F3N2O2/c1-7-4-10(8(2)3-9(7)16)17-11(18)5-19-6-12(13,14)15/h3-4H,5-6,16H2,1-2H3,(H,17,18). The van der Waals surface area contributed by atoms with E-state index in [1.165, 1.54) is 0 Å². The van der Waals surface area contributed by atoms with Crippen LogP contribution in [0, 0.1) is 13.8 Å². The molecule has 0 spiro atoms. The van der Waals surface area contributed by atoms with Crippen LogP contribution in [0.3, 0.4) is 0 Å². The highest BCUT2D eigenvalue weighted by Gasteiger charge is 2.27. The molecule has 0 saturated heterocycles. The number of amides is 1. The summed E-state index contributed by atoms with van der Waals surface area (Å²) in [5.41, 5.74) is 8.28. The Hall–Kier alpha value is -1.76. The second kappa shape index (κ2) is 5.92. The Bertz CT molecular complexity index is 473. The average molecular weight is 276 g/mol. The molecule has 1 amide bonds. The first kappa shape index (κ1) is 15.3. The van der Waals surface area contributed by atoms with Gasteiger partial charge in [0.25, 0.3) is 0 Å². The Balaban J connectivity index is 2.56. The summed E-state index contributed by atoms with van der Waals surface area (Å²) in [6.45, 7) is 1.41. The topological polar surface area (TPSA) is 64.3 Å². The minimum absolute atomic E-state index is 0.507. The molecule has 3 N–H and O–H groups in total. The van der Waals surface area contributed by atoms with Crippen LogP contribution in [0.25, 0.3) is 0 Å². The van der Waals surface area contributed by atoms with Crippen LogP contribution in [-0.4, -0.2) is 25.3 Å². The van der Waals surface area contributed by atoms with Gasteiger partial charge in [-0.15, -0.1) is 0 Å². The number of benzene rings is 1. The van der Waals surface area contributed by atoms with Gasteiger partial charge in [0, 0.05) is 11.4 Å². The van der Waals surface area contributed by atoms with Gasteiger partial charge in [-0.3, -0.25) is 4.79 Å². The van der Waals surface area contributed by atoms with Crippen LogP contribution in [0.5, 0.6) is 0 Å². The van der Waals surface area contributed by atoms with Crippen LogP contribution in [-0.2, 0) is 9.53 Å². The highest BCUT2D eigenvalue weighted by atomic mass is 19.4. The van der Waals surface area contributed by atoms with E-state index in [9.17, 15) is 18.0 Å². The molecule has 106 valence electrons. The van der Waals surface area contributed by atoms with Crippen molar-refractivity contribution in [3.63, 3.8) is 0 Å². The van der Waals surface area contributed by atoms with Crippen molar-refractivity contribution < 1.29 is 22.7 Å². The van der Waals surface area contributed by atoms with E-state index in [0.29, 0.717) is 11.4 Å². The number of carbonyl (C=O) groups excluding carboxylic acids is 1. The zero-order valence-electron chi connectivity index (χ0n) is 10.6. The van der Waals surface area contributed by atoms with Crippen LogP contribution < -0.4 is 11.1 Å². The van der Waals surface area contributed by atoms with Crippen LogP contribution in [0.2, 0.25) is 0 Å². The van der Waals surface area contributed by atoms with Crippen molar-refractivity contribution in [2.75, 3.05) is 24.3 Å². The molecule has 1 aromatic carbocycles. The molecule has 19 heavy (non-hydrogen) atoms. The van der Waals surface area contributed by atoms with Crippen LogP contribution in [0.15, 0.2) is 12.1 Å². The molecule has 0 aliphatic heterocycles. The molecule has 0 aliphatic rings. The number of ether oxygens (including phenoxy) is 1. The van der Waals surface area contributed by atoms with E-state index in [-0.39, 0.29) is 0 Å². The molecule has 0 aromatic heterocycles. The minimum Gasteiger partial charge on any atom is -0.399 e. The summed E-state index contributed by atoms with van der Waals surface area (Å²) < 4.78 is 39.7. The maximum absolute atomic E-state index is 11.8. The van der Waals surface area contributed by atoms with E-state index in [1.807, 2.05) is 0 Å². The number of aryl methyl sites for hydroxylation is 2. The molecule has 0 radical (unpaired) electrons. The first-order valence-electron chi connectivity index (χ1n) is 5.50. The predicted molar refractivity (Wildman–Crippen MR) is 65.8 cm³/mol. The number of nitrogens with one attached hydrogen (secondary N) is 1. The molecular formula is C12H15F3N2O2. The van der Waals surface area contributed by atoms with Crippen molar-refractivity contribution in [2.24, 2.45) is 0 Å². The van der Waals surface area contributed by atoms with E-state index in [0.717, 1.165) is 11.1 Å². The normalized spacial score (nSPS) is 11.4. The first-order valence-corrected chi connectivity index (χ1v) is 5.50. The Kier molecular flexibility index (Phi) is 4.77. The van der Waals surface area contributed by atoms with Gasteiger partial charge in [0.15, 0.2) is 0 Å². The van der Waals surface area contributed by atoms with Gasteiger partial charge in [-0.05, 0) is 37.1 Å². The van der Waals surface area contributed by atoms with Gasteiger partial charge < -0.3 is 15.8 Å². The summed E-state index contributed by atoms with van der Waals surface area (Å²) in [7, 11) is 0. The Morgan fingerprint density at radius 1 is 1.32 bits per heavy atom. The molecular weight excluding hydrogens is 261 g/mol. The number of halogens is 3. The summed E-state index contributed by atoms with van der Waals surface area (Å²) in [4.78, 5) is 11.4. The molecule has 1 aromatic rings. The first-order chi connectivity index (χ1) is 8.69. The second-order valence-corrected chi connectivity index (χ2v) is 4.18. The van der Waals surface area contributed by atoms with Crippen molar-refractivity contribution in [3.05, 3.63) is 23.3 Å². The molecule has 0 heterocycles. The number of nitrogen functional groups attached to an aromatic ring is 1. The third kappa shape index (κ3) is 5.17. The lowest BCUT2D eigenvalue weighted by molar-refractivity contribution is -0.174. The summed E-state index contributed by atoms with van der Waals surface area (Å²) in [5.74, 6) is -0.642. The number of rotatable bonds is 4. The number of hydrogen-bond acceptors (Lipinski definition) is 3. The van der Waals surface area contributed by atoms with Gasteiger partial charge in [-0.2, -0.15) is 13.2 Å². The second-order valence-electron chi connectivity index (χ2n) is 4.18. The van der Waals surface area contributed by atoms with Crippen molar-refractivity contribution in [1.82, 2.24) is 0 Å². The zero-order chi connectivity index (χ0) is 14.6. The average Bonchev–Trinajstić information content (AvgIpc) is 2.24. The van der Waals surface area contributed by atoms with Crippen molar-refractivity contribution in [3.8, 4) is 0 Å². The Morgan fingerprint density at radius 2 is 1.95 bits per heavy atom. The predicted octanol–water partition coefficient (Wildman–Crippen LogP) is 2.40. The molecule has 7 heteroatoms. The Labute approximate surface area is 108 Å². The third-order valence-corrected chi connectivity index (χ3v) is 2.39. The fourth-order valence-electron chi connectivity index (χ4n) is 1.42. The fourth-order valence-corrected chi connectivity index (χ4v) is 1.42. The van der Waals surface area contributed by atoms with Gasteiger partial charge >= 0.3 is 6.18 Å². The molecule has 0 bridgehead atoms. The molecule has 0 saturated carbocycles. The smallest absolute Gasteiger partial charge is 0.399 e. The summed E-state index contributed by atoms with van der Waals surface area (Å²) >= 11 is 0. The maximum atomic E-state index is 11.8. The van der Waals surface area contributed by atoms with E-state index in [1.54, 1.807) is 26.0 Å². The highest BCUT2D eigenvalue weighted by Crippen LogP contribution is 2.22. The Morgan fingerprint density at radius 3 is 2.53 bits per heavy atom. The van der Waals surface area contributed by atoms with Gasteiger partial charge in [-0.25, -0.2) is 0 Å². The minimum atomic E-state index is -4.44. The SMILES string of the molecule is Cc1cc(NC(=O)COCC(F)(F)F)c(C)cc1N. The van der Waals surface area contributed by atoms with E-state index >= 15 is 0 Å². The van der Waals surface area contributed by atoms with Gasteiger partial charge in [-0.1, -0.05) is 0 Å². The van der Waals surface area contributed by atoms with Crippen molar-refractivity contribution in [1.29, 1.82) is 0 Å². The van der Waals surface area contributed by atoms with Gasteiger partial charge in [0.05, 0.1) is 0 Å². The summed E-state index contributed by atoms with van der Waals surface area (Å²) in [6, 6.07) is 3.34. The summed E-state index contributed by atoms with van der Waals surface area (Å²) in [6.07, 6.45) is -4.44. The lowest BCUT2D eigenvalue weighted by atomic mass is 10.1. The molecule has 0 atom stereocenters. The number of alkyl halides is 3. The summed E-state index contributed by atoms with van der Waals surface area (Å²) in [5, 5.41) is 2.48. The van der Waals surface area contributed by atoms with E-state index in [4.69, 9.17) is 5.73 Å². The number of carbonyl (C=O) groups is 1. The third-order valence-electron chi connectivity index (χ3n) is 2.39. The van der Waals surface area contributed by atoms with Gasteiger partial charge in [0.2, 0.25) is 5.91 Å². The number of anilines is 2. The highest BCUT2D eigenvalue weighted by molar-refractivity contribution is 5.92. The molecule has 0 fully saturated rings. The van der Waals surface area contributed by atoms with Crippen LogP contribution >= 0.6 is 0 Å². The molecule has 1 rings (SSSR count). The maximum Gasteiger partial charge on any atom is 0.411 e. The van der Waals surface area contributed by atoms with E-state index in [2.05, 4.69) is 10.1 Å². The van der Waals surface area contributed by atoms with Gasteiger partial charge in [0.1, 0.15) is 13.2 Å². The molecule has 4 nitrogen and oxygen atoms in total.